The van der Waals surface area contributed by atoms with Gasteiger partial charge in [0.25, 0.3) is 0 Å². The fourth-order valence-corrected chi connectivity index (χ4v) is 1.81. The molecule has 0 heterocycles. The highest BCUT2D eigenvalue weighted by atomic mass is 16.4. The van der Waals surface area contributed by atoms with Crippen LogP contribution < -0.4 is 0 Å². The topological polar surface area (TPSA) is 65.2 Å². The smallest absolute Gasteiger partial charge is 0.0733 e. The van der Waals surface area contributed by atoms with Crippen LogP contribution >= 0.6 is 0 Å². The molecule has 0 saturated carbocycles. The van der Waals surface area contributed by atoms with E-state index < -0.39 is 0 Å². The van der Waals surface area contributed by atoms with Gasteiger partial charge >= 0.3 is 0 Å². The Bertz CT molecular complexity index is 519. The second-order valence-corrected chi connectivity index (χ2v) is 4.15. The molecule has 0 bridgehead atoms. The van der Waals surface area contributed by atoms with Crippen LogP contribution in [0.4, 0.5) is 0 Å². The van der Waals surface area contributed by atoms with Gasteiger partial charge in [-0.05, 0) is 28.7 Å². The monoisotopic (exact) mass is 254 g/mol. The van der Waals surface area contributed by atoms with Gasteiger partial charge in [-0.2, -0.15) is 0 Å². The zero-order valence-electron chi connectivity index (χ0n) is 10.3. The third kappa shape index (κ3) is 3.67. The quantitative estimate of drug-likeness (QED) is 0.500. The number of benzene rings is 2. The van der Waals surface area contributed by atoms with Gasteiger partial charge in [-0.1, -0.05) is 58.8 Å². The lowest BCUT2D eigenvalue weighted by atomic mass is 10.0. The van der Waals surface area contributed by atoms with E-state index in [9.17, 15) is 0 Å². The van der Waals surface area contributed by atoms with E-state index in [1.165, 1.54) is 23.6 Å². The second kappa shape index (κ2) is 6.35. The Morgan fingerprint density at radius 1 is 0.684 bits per heavy atom. The molecular weight excluding hydrogens is 240 g/mol. The predicted octanol–water partition coefficient (Wildman–Crippen LogP) is 2.89. The Morgan fingerprint density at radius 3 is 1.37 bits per heavy atom. The molecule has 0 radical (unpaired) electrons. The van der Waals surface area contributed by atoms with E-state index in [0.29, 0.717) is 0 Å². The molecule has 0 saturated heterocycles. The standard InChI is InChI=1S/C15H14N2O2/c18-16-10-14-5-1-12(2-6-14)9-13-3-7-15(8-4-13)11-17-19/h1-8,10-11,18-19H,9H2. The lowest BCUT2D eigenvalue weighted by Crippen LogP contribution is -1.90. The summed E-state index contributed by atoms with van der Waals surface area (Å²) in [6.07, 6.45) is 3.62. The van der Waals surface area contributed by atoms with Crippen LogP contribution in [-0.4, -0.2) is 22.8 Å². The van der Waals surface area contributed by atoms with E-state index in [4.69, 9.17) is 10.4 Å². The molecule has 2 aromatic carbocycles. The van der Waals surface area contributed by atoms with Crippen LogP contribution in [0.25, 0.3) is 0 Å². The summed E-state index contributed by atoms with van der Waals surface area (Å²) in [5.74, 6) is 0. The molecule has 0 spiro atoms. The van der Waals surface area contributed by atoms with Gasteiger partial charge in [0.15, 0.2) is 0 Å². The van der Waals surface area contributed by atoms with E-state index in [1.54, 1.807) is 0 Å². The second-order valence-electron chi connectivity index (χ2n) is 4.15. The highest BCUT2D eigenvalue weighted by Gasteiger charge is 1.97. The first-order valence-electron chi connectivity index (χ1n) is 5.84. The molecule has 0 unspecified atom stereocenters. The summed E-state index contributed by atoms with van der Waals surface area (Å²) in [5, 5.41) is 22.8. The van der Waals surface area contributed by atoms with Crippen molar-refractivity contribution in [3.05, 3.63) is 70.8 Å². The van der Waals surface area contributed by atoms with Gasteiger partial charge in [-0.25, -0.2) is 0 Å². The third-order valence-corrected chi connectivity index (χ3v) is 2.78. The van der Waals surface area contributed by atoms with Crippen LogP contribution in [0.2, 0.25) is 0 Å². The average Bonchev–Trinajstić information content (AvgIpc) is 2.44. The first kappa shape index (κ1) is 12.8. The van der Waals surface area contributed by atoms with Gasteiger partial charge in [0.1, 0.15) is 0 Å². The minimum atomic E-state index is 0.826. The summed E-state index contributed by atoms with van der Waals surface area (Å²) in [6.45, 7) is 0. The van der Waals surface area contributed by atoms with Gasteiger partial charge in [0, 0.05) is 0 Å². The van der Waals surface area contributed by atoms with E-state index in [-0.39, 0.29) is 0 Å². The van der Waals surface area contributed by atoms with E-state index in [1.807, 2.05) is 48.5 Å². The summed E-state index contributed by atoms with van der Waals surface area (Å²) in [6, 6.07) is 15.6. The van der Waals surface area contributed by atoms with E-state index >= 15 is 0 Å². The molecule has 0 fully saturated rings. The van der Waals surface area contributed by atoms with Crippen molar-refractivity contribution in [1.29, 1.82) is 0 Å². The fourth-order valence-electron chi connectivity index (χ4n) is 1.81. The lowest BCUT2D eigenvalue weighted by Gasteiger charge is -2.03. The first-order chi connectivity index (χ1) is 9.31. The van der Waals surface area contributed by atoms with Crippen molar-refractivity contribution in [1.82, 2.24) is 0 Å². The summed E-state index contributed by atoms with van der Waals surface area (Å²) in [4.78, 5) is 0. The maximum Gasteiger partial charge on any atom is 0.0733 e. The fraction of sp³-hybridized carbons (Fsp3) is 0.0667. The van der Waals surface area contributed by atoms with E-state index in [0.717, 1.165) is 17.5 Å². The first-order valence-corrected chi connectivity index (χ1v) is 5.84. The van der Waals surface area contributed by atoms with Crippen LogP contribution in [0, 0.1) is 0 Å². The van der Waals surface area contributed by atoms with Crippen LogP contribution in [0.5, 0.6) is 0 Å². The summed E-state index contributed by atoms with van der Waals surface area (Å²) in [5.41, 5.74) is 4.08. The SMILES string of the molecule is ON=Cc1ccc(Cc2ccc(C=NO)cc2)cc1. The van der Waals surface area contributed by atoms with E-state index in [2.05, 4.69) is 10.3 Å². The van der Waals surface area contributed by atoms with Gasteiger partial charge in [-0.15, -0.1) is 0 Å². The molecule has 2 N–H and O–H groups in total. The normalized spacial score (nSPS) is 11.4. The van der Waals surface area contributed by atoms with Crippen molar-refractivity contribution in [2.75, 3.05) is 0 Å². The van der Waals surface area contributed by atoms with Crippen LogP contribution in [0.3, 0.4) is 0 Å². The highest BCUT2D eigenvalue weighted by molar-refractivity contribution is 5.79. The molecule has 0 aliphatic heterocycles. The Kier molecular flexibility index (Phi) is 4.29. The molecule has 2 aromatic rings. The van der Waals surface area contributed by atoms with Crippen molar-refractivity contribution in [3.8, 4) is 0 Å². The van der Waals surface area contributed by atoms with Crippen molar-refractivity contribution >= 4 is 12.4 Å². The average molecular weight is 254 g/mol. The lowest BCUT2D eigenvalue weighted by molar-refractivity contribution is 0.321. The molecule has 0 aliphatic carbocycles. The Balaban J connectivity index is 2.07. The van der Waals surface area contributed by atoms with Crippen molar-refractivity contribution in [2.45, 2.75) is 6.42 Å². The minimum absolute atomic E-state index is 0.826. The highest BCUT2D eigenvalue weighted by Crippen LogP contribution is 2.11. The zero-order chi connectivity index (χ0) is 13.5. The molecule has 19 heavy (non-hydrogen) atoms. The molecule has 96 valence electrons. The van der Waals surface area contributed by atoms with Crippen LogP contribution in [0.1, 0.15) is 22.3 Å². The van der Waals surface area contributed by atoms with Gasteiger partial charge in [0.05, 0.1) is 12.4 Å². The number of hydrogen-bond donors (Lipinski definition) is 2. The molecule has 4 nitrogen and oxygen atoms in total. The molecule has 0 aliphatic rings. The summed E-state index contributed by atoms with van der Waals surface area (Å²) >= 11 is 0. The predicted molar refractivity (Wildman–Crippen MR) is 74.5 cm³/mol. The number of nitrogens with zero attached hydrogens (tertiary/aromatic N) is 2. The molecule has 2 rings (SSSR count). The van der Waals surface area contributed by atoms with Crippen LogP contribution in [-0.2, 0) is 6.42 Å². The molecular formula is C15H14N2O2. The van der Waals surface area contributed by atoms with Crippen molar-refractivity contribution in [2.24, 2.45) is 10.3 Å². The summed E-state index contributed by atoms with van der Waals surface area (Å²) < 4.78 is 0. The minimum Gasteiger partial charge on any atom is -0.411 e. The molecule has 0 atom stereocenters. The summed E-state index contributed by atoms with van der Waals surface area (Å²) in [7, 11) is 0. The Labute approximate surface area is 111 Å². The zero-order valence-corrected chi connectivity index (χ0v) is 10.3. The number of oxime groups is 2. The van der Waals surface area contributed by atoms with Crippen molar-refractivity contribution in [3.63, 3.8) is 0 Å². The van der Waals surface area contributed by atoms with Gasteiger partial charge < -0.3 is 10.4 Å². The third-order valence-electron chi connectivity index (χ3n) is 2.78. The molecule has 0 amide bonds. The molecule has 4 heteroatoms. The largest absolute Gasteiger partial charge is 0.411 e. The number of hydrogen-bond acceptors (Lipinski definition) is 4. The number of rotatable bonds is 4. The Hall–Kier alpha value is -2.62. The van der Waals surface area contributed by atoms with Gasteiger partial charge in [-0.3, -0.25) is 0 Å². The van der Waals surface area contributed by atoms with Gasteiger partial charge in [0.2, 0.25) is 0 Å². The van der Waals surface area contributed by atoms with Crippen LogP contribution in [0.15, 0.2) is 58.8 Å². The van der Waals surface area contributed by atoms with Crippen molar-refractivity contribution < 1.29 is 10.4 Å². The maximum atomic E-state index is 8.43. The molecule has 0 aromatic heterocycles. The maximum absolute atomic E-state index is 8.43. The Morgan fingerprint density at radius 2 is 1.05 bits per heavy atom.